The highest BCUT2D eigenvalue weighted by Gasteiger charge is 2.14. The third-order valence-electron chi connectivity index (χ3n) is 4.98. The maximum atomic E-state index is 12.4. The Labute approximate surface area is 208 Å². The van der Waals surface area contributed by atoms with E-state index in [1.807, 2.05) is 12.1 Å². The number of amides is 1. The third kappa shape index (κ3) is 7.28. The van der Waals surface area contributed by atoms with Gasteiger partial charge in [0.05, 0.1) is 26.9 Å². The van der Waals surface area contributed by atoms with Gasteiger partial charge in [-0.1, -0.05) is 29.8 Å². The van der Waals surface area contributed by atoms with E-state index in [0.717, 1.165) is 11.1 Å². The molecule has 0 radical (unpaired) electrons. The minimum Gasteiger partial charge on any atom is -0.493 e. The lowest BCUT2D eigenvalue weighted by atomic mass is 10.2. The van der Waals surface area contributed by atoms with Crippen LogP contribution < -0.4 is 24.3 Å². The zero-order chi connectivity index (χ0) is 25.2. The Kier molecular flexibility index (Phi) is 9.20. The highest BCUT2D eigenvalue weighted by atomic mass is 35.5. The van der Waals surface area contributed by atoms with Crippen molar-refractivity contribution in [2.45, 2.75) is 13.2 Å². The molecular weight excluding hydrogens is 474 g/mol. The number of rotatable bonds is 11. The van der Waals surface area contributed by atoms with Crippen LogP contribution in [0.1, 0.15) is 21.5 Å². The molecule has 0 atom stereocenters. The fourth-order valence-electron chi connectivity index (χ4n) is 3.11. The molecule has 1 amide bonds. The largest absolute Gasteiger partial charge is 0.493 e. The molecule has 8 nitrogen and oxygen atoms in total. The summed E-state index contributed by atoms with van der Waals surface area (Å²) < 4.78 is 26.7. The first kappa shape index (κ1) is 25.7. The van der Waals surface area contributed by atoms with Crippen molar-refractivity contribution in [3.63, 3.8) is 0 Å². The zero-order valence-electron chi connectivity index (χ0n) is 19.6. The first-order valence-corrected chi connectivity index (χ1v) is 11.0. The van der Waals surface area contributed by atoms with Gasteiger partial charge in [0, 0.05) is 11.6 Å². The van der Waals surface area contributed by atoms with Crippen LogP contribution in [0.2, 0.25) is 5.02 Å². The fourth-order valence-corrected chi connectivity index (χ4v) is 3.24. The van der Waals surface area contributed by atoms with E-state index in [1.165, 1.54) is 20.3 Å². The van der Waals surface area contributed by atoms with Crippen LogP contribution in [0.25, 0.3) is 0 Å². The number of ether oxygens (including phenoxy) is 5. The van der Waals surface area contributed by atoms with Crippen molar-refractivity contribution in [1.29, 1.82) is 0 Å². The van der Waals surface area contributed by atoms with Crippen molar-refractivity contribution in [2.75, 3.05) is 27.9 Å². The van der Waals surface area contributed by atoms with Crippen molar-refractivity contribution in [1.82, 2.24) is 5.32 Å². The second kappa shape index (κ2) is 12.5. The number of benzene rings is 3. The van der Waals surface area contributed by atoms with Crippen molar-refractivity contribution < 1.29 is 33.3 Å². The summed E-state index contributed by atoms with van der Waals surface area (Å²) in [7, 11) is 4.55. The van der Waals surface area contributed by atoms with Crippen molar-refractivity contribution in [2.24, 2.45) is 0 Å². The van der Waals surface area contributed by atoms with Gasteiger partial charge in [-0.3, -0.25) is 4.79 Å². The molecule has 3 aromatic rings. The molecule has 9 heteroatoms. The Morgan fingerprint density at radius 3 is 2.09 bits per heavy atom. The summed E-state index contributed by atoms with van der Waals surface area (Å²) in [6.07, 6.45) is 0. The van der Waals surface area contributed by atoms with Gasteiger partial charge in [0.25, 0.3) is 5.91 Å². The SMILES string of the molecule is COc1ccc(CNC(=O)COC(=O)c2ccc(OCc3ccc(Cl)cc3)c(OC)c2)cc1OC. The van der Waals surface area contributed by atoms with E-state index in [0.29, 0.717) is 34.6 Å². The van der Waals surface area contributed by atoms with E-state index >= 15 is 0 Å². The number of hydrogen-bond acceptors (Lipinski definition) is 7. The highest BCUT2D eigenvalue weighted by molar-refractivity contribution is 6.30. The second-order valence-corrected chi connectivity index (χ2v) is 7.76. The first-order valence-electron chi connectivity index (χ1n) is 10.6. The summed E-state index contributed by atoms with van der Waals surface area (Å²) in [4.78, 5) is 24.6. The van der Waals surface area contributed by atoms with Crippen LogP contribution in [0.15, 0.2) is 60.7 Å². The van der Waals surface area contributed by atoms with Crippen LogP contribution in [0.4, 0.5) is 0 Å². The maximum Gasteiger partial charge on any atom is 0.338 e. The molecule has 35 heavy (non-hydrogen) atoms. The van der Waals surface area contributed by atoms with Gasteiger partial charge in [0.15, 0.2) is 29.6 Å². The molecular formula is C26H26ClNO7. The van der Waals surface area contributed by atoms with Crippen molar-refractivity contribution >= 4 is 23.5 Å². The number of esters is 1. The molecule has 0 fully saturated rings. The molecule has 0 aliphatic heterocycles. The molecule has 0 heterocycles. The molecule has 3 rings (SSSR count). The molecule has 3 aromatic carbocycles. The summed E-state index contributed by atoms with van der Waals surface area (Å²) in [6.45, 7) is 0.116. The van der Waals surface area contributed by atoms with E-state index in [1.54, 1.807) is 49.6 Å². The average Bonchev–Trinajstić information content (AvgIpc) is 2.89. The second-order valence-electron chi connectivity index (χ2n) is 7.32. The standard InChI is InChI=1S/C26H26ClNO7/c1-31-21-10-6-18(12-23(21)32-2)14-28-25(29)16-35-26(30)19-7-11-22(24(13-19)33-3)34-15-17-4-8-20(27)9-5-17/h4-13H,14-16H2,1-3H3,(H,28,29). The van der Waals surface area contributed by atoms with E-state index in [2.05, 4.69) is 5.32 Å². The number of carbonyl (C=O) groups is 2. The molecule has 0 unspecified atom stereocenters. The lowest BCUT2D eigenvalue weighted by molar-refractivity contribution is -0.124. The summed E-state index contributed by atoms with van der Waals surface area (Å²) in [6, 6.07) is 17.2. The van der Waals surface area contributed by atoms with E-state index in [-0.39, 0.29) is 12.1 Å². The van der Waals surface area contributed by atoms with Crippen LogP contribution in [-0.4, -0.2) is 39.8 Å². The van der Waals surface area contributed by atoms with Crippen molar-refractivity contribution in [3.05, 3.63) is 82.4 Å². The van der Waals surface area contributed by atoms with E-state index in [9.17, 15) is 9.59 Å². The predicted octanol–water partition coefficient (Wildman–Crippen LogP) is 4.42. The topological polar surface area (TPSA) is 92.3 Å². The Balaban J connectivity index is 1.51. The fraction of sp³-hybridized carbons (Fsp3) is 0.231. The van der Waals surface area contributed by atoms with Crippen LogP contribution >= 0.6 is 11.6 Å². The van der Waals surface area contributed by atoms with E-state index in [4.69, 9.17) is 35.3 Å². The molecule has 0 aliphatic carbocycles. The lowest BCUT2D eigenvalue weighted by Gasteiger charge is -2.12. The molecule has 0 spiro atoms. The maximum absolute atomic E-state index is 12.4. The van der Waals surface area contributed by atoms with Gasteiger partial charge in [-0.05, 0) is 53.6 Å². The Morgan fingerprint density at radius 2 is 1.40 bits per heavy atom. The molecule has 0 saturated carbocycles. The van der Waals surface area contributed by atoms with Gasteiger partial charge in [0.2, 0.25) is 0 Å². The number of hydrogen-bond donors (Lipinski definition) is 1. The highest BCUT2D eigenvalue weighted by Crippen LogP contribution is 2.29. The zero-order valence-corrected chi connectivity index (χ0v) is 20.4. The van der Waals surface area contributed by atoms with E-state index < -0.39 is 18.5 Å². The first-order chi connectivity index (χ1) is 16.9. The summed E-state index contributed by atoms with van der Waals surface area (Å²) in [5, 5.41) is 3.34. The number of halogens is 1. The number of carbonyl (C=O) groups excluding carboxylic acids is 2. The molecule has 0 bridgehead atoms. The summed E-state index contributed by atoms with van der Waals surface area (Å²) in [5.74, 6) is 0.878. The summed E-state index contributed by atoms with van der Waals surface area (Å²) >= 11 is 5.90. The Hall–Kier alpha value is -3.91. The monoisotopic (exact) mass is 499 g/mol. The Bertz CT molecular complexity index is 1160. The van der Waals surface area contributed by atoms with Gasteiger partial charge in [-0.2, -0.15) is 0 Å². The van der Waals surface area contributed by atoms with Gasteiger partial charge < -0.3 is 29.0 Å². The van der Waals surface area contributed by atoms with Crippen LogP contribution in [0.5, 0.6) is 23.0 Å². The normalized spacial score (nSPS) is 10.3. The molecule has 0 aromatic heterocycles. The smallest absolute Gasteiger partial charge is 0.338 e. The van der Waals surface area contributed by atoms with Gasteiger partial charge in [-0.15, -0.1) is 0 Å². The molecule has 0 aliphatic rings. The van der Waals surface area contributed by atoms with Crippen LogP contribution in [0, 0.1) is 0 Å². The lowest BCUT2D eigenvalue weighted by Crippen LogP contribution is -2.28. The molecule has 184 valence electrons. The van der Waals surface area contributed by atoms with Crippen LogP contribution in [0.3, 0.4) is 0 Å². The van der Waals surface area contributed by atoms with Gasteiger partial charge in [-0.25, -0.2) is 4.79 Å². The molecule has 1 N–H and O–H groups in total. The minimum absolute atomic E-state index is 0.230. The van der Waals surface area contributed by atoms with Crippen LogP contribution in [-0.2, 0) is 22.7 Å². The predicted molar refractivity (Wildman–Crippen MR) is 130 cm³/mol. The average molecular weight is 500 g/mol. The summed E-state index contributed by atoms with van der Waals surface area (Å²) in [5.41, 5.74) is 1.97. The van der Waals surface area contributed by atoms with Gasteiger partial charge in [0.1, 0.15) is 6.61 Å². The minimum atomic E-state index is -0.659. The Morgan fingerprint density at radius 1 is 0.771 bits per heavy atom. The van der Waals surface area contributed by atoms with Gasteiger partial charge >= 0.3 is 5.97 Å². The number of nitrogens with one attached hydrogen (secondary N) is 1. The molecule has 0 saturated heterocycles. The third-order valence-corrected chi connectivity index (χ3v) is 5.23. The quantitative estimate of drug-likeness (QED) is 0.390. The number of methoxy groups -OCH3 is 3. The van der Waals surface area contributed by atoms with Crippen molar-refractivity contribution in [3.8, 4) is 23.0 Å².